The molecule has 0 aromatic carbocycles. The SMILES string of the molecule is CC(Cn1c(=O)[nH]c(Cl)c(F)c1=O)N1CCCC1. The van der Waals surface area contributed by atoms with E-state index in [1.54, 1.807) is 0 Å². The first-order valence-electron chi connectivity index (χ1n) is 5.93. The summed E-state index contributed by atoms with van der Waals surface area (Å²) in [6.45, 7) is 3.99. The second-order valence-corrected chi connectivity index (χ2v) is 4.94. The lowest BCUT2D eigenvalue weighted by Crippen LogP contribution is -2.43. The van der Waals surface area contributed by atoms with E-state index in [9.17, 15) is 14.0 Å². The van der Waals surface area contributed by atoms with Gasteiger partial charge < -0.3 is 0 Å². The number of H-pyrrole nitrogens is 1. The molecule has 1 atom stereocenters. The number of hydrogen-bond donors (Lipinski definition) is 1. The highest BCUT2D eigenvalue weighted by molar-refractivity contribution is 6.29. The van der Waals surface area contributed by atoms with Crippen molar-refractivity contribution in [2.75, 3.05) is 13.1 Å². The Morgan fingerprint density at radius 1 is 1.39 bits per heavy atom. The molecule has 1 saturated heterocycles. The largest absolute Gasteiger partial charge is 0.329 e. The Balaban J connectivity index is 2.26. The van der Waals surface area contributed by atoms with Crippen molar-refractivity contribution in [1.82, 2.24) is 14.5 Å². The molecule has 2 heterocycles. The van der Waals surface area contributed by atoms with Gasteiger partial charge in [-0.3, -0.25) is 19.2 Å². The fraction of sp³-hybridized carbons (Fsp3) is 0.636. The Kier molecular flexibility index (Phi) is 3.87. The fourth-order valence-electron chi connectivity index (χ4n) is 2.25. The first-order valence-corrected chi connectivity index (χ1v) is 6.30. The summed E-state index contributed by atoms with van der Waals surface area (Å²) in [4.78, 5) is 27.5. The number of nitrogens with one attached hydrogen (secondary N) is 1. The Bertz CT molecular complexity index is 548. The molecule has 1 unspecified atom stereocenters. The van der Waals surface area contributed by atoms with E-state index >= 15 is 0 Å². The van der Waals surface area contributed by atoms with E-state index in [1.165, 1.54) is 0 Å². The molecule has 1 N–H and O–H groups in total. The number of nitrogens with zero attached hydrogens (tertiary/aromatic N) is 2. The molecule has 1 aromatic rings. The lowest BCUT2D eigenvalue weighted by molar-refractivity contribution is 0.230. The molecule has 0 amide bonds. The van der Waals surface area contributed by atoms with Crippen LogP contribution in [0.25, 0.3) is 0 Å². The van der Waals surface area contributed by atoms with E-state index < -0.39 is 22.2 Å². The van der Waals surface area contributed by atoms with Crippen molar-refractivity contribution in [3.8, 4) is 0 Å². The van der Waals surface area contributed by atoms with Crippen molar-refractivity contribution in [2.45, 2.75) is 32.4 Å². The predicted molar refractivity (Wildman–Crippen MR) is 66.6 cm³/mol. The molecule has 0 saturated carbocycles. The number of halogens is 2. The van der Waals surface area contributed by atoms with E-state index in [4.69, 9.17) is 11.6 Å². The Hall–Kier alpha value is -1.14. The van der Waals surface area contributed by atoms with Gasteiger partial charge in [0.2, 0.25) is 5.82 Å². The summed E-state index contributed by atoms with van der Waals surface area (Å²) < 4.78 is 14.2. The first kappa shape index (κ1) is 13.3. The maximum absolute atomic E-state index is 13.3. The second-order valence-electron chi connectivity index (χ2n) is 4.57. The lowest BCUT2D eigenvalue weighted by atomic mass is 10.3. The standard InChI is InChI=1S/C11H15ClFN3O2/c1-7(15-4-2-3-5-15)6-16-10(17)8(13)9(12)14-11(16)18/h7H,2-6H2,1H3,(H,14,18). The minimum Gasteiger partial charge on any atom is -0.299 e. The first-order chi connectivity index (χ1) is 8.50. The molecule has 0 bridgehead atoms. The average Bonchev–Trinajstić information content (AvgIpc) is 2.85. The normalized spacial score (nSPS) is 18.2. The van der Waals surface area contributed by atoms with Gasteiger partial charge in [-0.1, -0.05) is 11.6 Å². The molecule has 1 aliphatic rings. The minimum absolute atomic E-state index is 0.0203. The van der Waals surface area contributed by atoms with E-state index in [0.29, 0.717) is 0 Å². The Morgan fingerprint density at radius 2 is 2.00 bits per heavy atom. The van der Waals surface area contributed by atoms with Crippen LogP contribution >= 0.6 is 11.6 Å². The molecular weight excluding hydrogens is 261 g/mol. The van der Waals surface area contributed by atoms with Gasteiger partial charge in [0.15, 0.2) is 5.15 Å². The summed E-state index contributed by atoms with van der Waals surface area (Å²) in [6, 6.07) is 0.0203. The van der Waals surface area contributed by atoms with Gasteiger partial charge in [-0.05, 0) is 32.9 Å². The third-order valence-electron chi connectivity index (χ3n) is 3.30. The Morgan fingerprint density at radius 3 is 2.61 bits per heavy atom. The zero-order chi connectivity index (χ0) is 13.3. The van der Waals surface area contributed by atoms with Gasteiger partial charge in [0.25, 0.3) is 5.56 Å². The molecule has 0 radical (unpaired) electrons. The molecule has 100 valence electrons. The van der Waals surface area contributed by atoms with Gasteiger partial charge in [0, 0.05) is 12.6 Å². The molecule has 0 spiro atoms. The van der Waals surface area contributed by atoms with Crippen molar-refractivity contribution in [1.29, 1.82) is 0 Å². The van der Waals surface area contributed by atoms with Gasteiger partial charge >= 0.3 is 5.69 Å². The van der Waals surface area contributed by atoms with Crippen LogP contribution in [0.5, 0.6) is 0 Å². The molecule has 1 fully saturated rings. The number of aromatic amines is 1. The summed E-state index contributed by atoms with van der Waals surface area (Å²) in [5, 5.41) is -0.532. The van der Waals surface area contributed by atoms with Crippen molar-refractivity contribution < 1.29 is 4.39 Å². The van der Waals surface area contributed by atoms with Gasteiger partial charge in [-0.25, -0.2) is 4.79 Å². The number of likely N-dealkylation sites (tertiary alicyclic amines) is 1. The van der Waals surface area contributed by atoms with Crippen molar-refractivity contribution in [3.63, 3.8) is 0 Å². The quantitative estimate of drug-likeness (QED) is 0.831. The maximum atomic E-state index is 13.3. The van der Waals surface area contributed by atoms with Crippen molar-refractivity contribution >= 4 is 11.6 Å². The third-order valence-corrected chi connectivity index (χ3v) is 3.56. The highest BCUT2D eigenvalue weighted by Crippen LogP contribution is 2.12. The molecule has 1 aliphatic heterocycles. The zero-order valence-electron chi connectivity index (χ0n) is 10.1. The maximum Gasteiger partial charge on any atom is 0.329 e. The monoisotopic (exact) mass is 275 g/mol. The Labute approximate surface area is 108 Å². The average molecular weight is 276 g/mol. The van der Waals surface area contributed by atoms with Crippen LogP contribution in [-0.4, -0.2) is 33.6 Å². The van der Waals surface area contributed by atoms with E-state index in [2.05, 4.69) is 9.88 Å². The van der Waals surface area contributed by atoms with Gasteiger partial charge in [-0.15, -0.1) is 0 Å². The topological polar surface area (TPSA) is 58.1 Å². The van der Waals surface area contributed by atoms with Crippen LogP contribution in [0.1, 0.15) is 19.8 Å². The minimum atomic E-state index is -1.11. The van der Waals surface area contributed by atoms with Gasteiger partial charge in [-0.2, -0.15) is 4.39 Å². The van der Waals surface area contributed by atoms with Crippen LogP contribution in [0.2, 0.25) is 5.15 Å². The smallest absolute Gasteiger partial charge is 0.299 e. The summed E-state index contributed by atoms with van der Waals surface area (Å²) >= 11 is 5.40. The second kappa shape index (κ2) is 5.24. The number of aromatic nitrogens is 2. The third kappa shape index (κ3) is 2.49. The molecule has 7 heteroatoms. The van der Waals surface area contributed by atoms with E-state index in [0.717, 1.165) is 30.5 Å². The fourth-order valence-corrected chi connectivity index (χ4v) is 2.41. The van der Waals surface area contributed by atoms with Crippen molar-refractivity contribution in [3.05, 3.63) is 31.8 Å². The van der Waals surface area contributed by atoms with Crippen LogP contribution < -0.4 is 11.2 Å². The van der Waals surface area contributed by atoms with E-state index in [1.807, 2.05) is 6.92 Å². The van der Waals surface area contributed by atoms with E-state index in [-0.39, 0.29) is 12.6 Å². The molecule has 5 nitrogen and oxygen atoms in total. The molecule has 2 rings (SSSR count). The highest BCUT2D eigenvalue weighted by Gasteiger charge is 2.21. The molecule has 0 aliphatic carbocycles. The zero-order valence-corrected chi connectivity index (χ0v) is 10.8. The summed E-state index contributed by atoms with van der Waals surface area (Å²) in [7, 11) is 0. The van der Waals surface area contributed by atoms with Gasteiger partial charge in [0.1, 0.15) is 0 Å². The molecule has 1 aromatic heterocycles. The van der Waals surface area contributed by atoms with Crippen LogP contribution in [-0.2, 0) is 6.54 Å². The van der Waals surface area contributed by atoms with Crippen LogP contribution in [0.3, 0.4) is 0 Å². The summed E-state index contributed by atoms with van der Waals surface area (Å²) in [6.07, 6.45) is 2.23. The van der Waals surface area contributed by atoms with Gasteiger partial charge in [0.05, 0.1) is 0 Å². The number of hydrogen-bond acceptors (Lipinski definition) is 3. The van der Waals surface area contributed by atoms with Crippen LogP contribution in [0.4, 0.5) is 4.39 Å². The molecule has 18 heavy (non-hydrogen) atoms. The highest BCUT2D eigenvalue weighted by atomic mass is 35.5. The summed E-state index contributed by atoms with van der Waals surface area (Å²) in [5.41, 5.74) is -1.63. The van der Waals surface area contributed by atoms with Crippen LogP contribution in [0.15, 0.2) is 9.59 Å². The lowest BCUT2D eigenvalue weighted by Gasteiger charge is -2.23. The molecular formula is C11H15ClFN3O2. The van der Waals surface area contributed by atoms with Crippen molar-refractivity contribution in [2.24, 2.45) is 0 Å². The van der Waals surface area contributed by atoms with Crippen LogP contribution in [0, 0.1) is 5.82 Å². The number of rotatable bonds is 3. The summed E-state index contributed by atoms with van der Waals surface area (Å²) in [5.74, 6) is -1.11. The predicted octanol–water partition coefficient (Wildman–Crippen LogP) is 0.813.